The molecule has 1 saturated heterocycles. The van der Waals surface area contributed by atoms with E-state index in [0.717, 1.165) is 12.8 Å². The van der Waals surface area contributed by atoms with E-state index < -0.39 is 5.79 Å². The Labute approximate surface area is 181 Å². The highest BCUT2D eigenvalue weighted by atomic mass is 16.7. The average molecular weight is 411 g/mol. The zero-order valence-corrected chi connectivity index (χ0v) is 20.2. The fourth-order valence-electron chi connectivity index (χ4n) is 4.14. The molecule has 1 heterocycles. The average Bonchev–Trinajstić information content (AvgIpc) is 2.67. The van der Waals surface area contributed by atoms with Gasteiger partial charge in [-0.2, -0.15) is 0 Å². The Morgan fingerprint density at radius 3 is 1.45 bits per heavy atom. The fraction of sp³-hybridized carbons (Fsp3) is 0.962. The molecule has 172 valence electrons. The zero-order valence-electron chi connectivity index (χ0n) is 20.2. The predicted molar refractivity (Wildman–Crippen MR) is 123 cm³/mol. The lowest BCUT2D eigenvalue weighted by Crippen LogP contribution is -2.45. The second-order valence-corrected chi connectivity index (χ2v) is 10.2. The van der Waals surface area contributed by atoms with Gasteiger partial charge in [0.25, 0.3) is 0 Å². The van der Waals surface area contributed by atoms with Crippen LogP contribution in [-0.4, -0.2) is 24.8 Å². The van der Waals surface area contributed by atoms with Crippen molar-refractivity contribution >= 4 is 5.78 Å². The van der Waals surface area contributed by atoms with E-state index in [0.29, 0.717) is 25.4 Å². The van der Waals surface area contributed by atoms with Gasteiger partial charge in [-0.3, -0.25) is 4.79 Å². The summed E-state index contributed by atoms with van der Waals surface area (Å²) in [5.74, 6) is -0.134. The van der Waals surface area contributed by atoms with Crippen molar-refractivity contribution in [1.29, 1.82) is 0 Å². The smallest absolute Gasteiger partial charge is 0.162 e. The Morgan fingerprint density at radius 2 is 1.03 bits per heavy atom. The van der Waals surface area contributed by atoms with Crippen LogP contribution in [0.25, 0.3) is 0 Å². The van der Waals surface area contributed by atoms with Crippen molar-refractivity contribution in [3.63, 3.8) is 0 Å². The molecule has 0 atom stereocenters. The monoisotopic (exact) mass is 410 g/mol. The van der Waals surface area contributed by atoms with Crippen molar-refractivity contribution in [3.8, 4) is 0 Å². The quantitative estimate of drug-likeness (QED) is 0.215. The molecule has 1 rings (SSSR count). The lowest BCUT2D eigenvalue weighted by atomic mass is 9.84. The van der Waals surface area contributed by atoms with E-state index >= 15 is 0 Å². The minimum absolute atomic E-state index is 0.151. The number of carbonyl (C=O) groups excluding carboxylic acids is 1. The second-order valence-electron chi connectivity index (χ2n) is 10.2. The van der Waals surface area contributed by atoms with Gasteiger partial charge in [0.2, 0.25) is 0 Å². The Morgan fingerprint density at radius 1 is 0.655 bits per heavy atom. The maximum absolute atomic E-state index is 12.3. The van der Waals surface area contributed by atoms with Crippen molar-refractivity contribution in [2.75, 3.05) is 13.2 Å². The Balaban J connectivity index is 1.85. The van der Waals surface area contributed by atoms with E-state index in [2.05, 4.69) is 13.8 Å². The van der Waals surface area contributed by atoms with Crippen LogP contribution in [-0.2, 0) is 14.3 Å². The summed E-state index contributed by atoms with van der Waals surface area (Å²) in [5, 5.41) is 0. The van der Waals surface area contributed by atoms with Gasteiger partial charge in [0.15, 0.2) is 5.79 Å². The topological polar surface area (TPSA) is 35.5 Å². The Kier molecular flexibility index (Phi) is 14.1. The number of unbranched alkanes of at least 4 members (excludes halogenated alkanes) is 14. The van der Waals surface area contributed by atoms with Gasteiger partial charge in [0.1, 0.15) is 5.78 Å². The summed E-state index contributed by atoms with van der Waals surface area (Å²) in [4.78, 5) is 12.3. The van der Waals surface area contributed by atoms with Crippen LogP contribution in [0.15, 0.2) is 0 Å². The SMILES string of the molecule is CCCCCCCCCCCCCCCCCC(=O)CC1(C)COC(C)(C)OC1. The van der Waals surface area contributed by atoms with Crippen molar-refractivity contribution in [1.82, 2.24) is 0 Å². The number of hydrogen-bond donors (Lipinski definition) is 0. The Hall–Kier alpha value is -0.410. The highest BCUT2D eigenvalue weighted by Crippen LogP contribution is 2.32. The molecule has 0 N–H and O–H groups in total. The number of carbonyl (C=O) groups is 1. The van der Waals surface area contributed by atoms with E-state index in [9.17, 15) is 4.79 Å². The first-order chi connectivity index (χ1) is 13.9. The summed E-state index contributed by atoms with van der Waals surface area (Å²) >= 11 is 0. The summed E-state index contributed by atoms with van der Waals surface area (Å²) < 4.78 is 11.5. The van der Waals surface area contributed by atoms with Crippen LogP contribution < -0.4 is 0 Å². The summed E-state index contributed by atoms with van der Waals surface area (Å²) in [6.45, 7) is 9.49. The summed E-state index contributed by atoms with van der Waals surface area (Å²) in [6.07, 6.45) is 21.7. The maximum Gasteiger partial charge on any atom is 0.162 e. The van der Waals surface area contributed by atoms with Gasteiger partial charge in [-0.1, -0.05) is 104 Å². The third kappa shape index (κ3) is 14.3. The van der Waals surface area contributed by atoms with Crippen LogP contribution in [0.4, 0.5) is 0 Å². The van der Waals surface area contributed by atoms with Gasteiger partial charge in [-0.05, 0) is 20.3 Å². The molecule has 0 bridgehead atoms. The highest BCUT2D eigenvalue weighted by Gasteiger charge is 2.37. The standard InChI is InChI=1S/C26H50O3/c1-5-6-7-8-9-10-11-12-13-14-15-16-17-18-19-20-24(27)21-26(4)22-28-25(2,3)29-23-26/h5-23H2,1-4H3. The van der Waals surface area contributed by atoms with Crippen molar-refractivity contribution < 1.29 is 14.3 Å². The number of ether oxygens (including phenoxy) is 2. The molecule has 0 unspecified atom stereocenters. The zero-order chi connectivity index (χ0) is 21.4. The first-order valence-corrected chi connectivity index (χ1v) is 12.7. The molecule has 0 aliphatic carbocycles. The van der Waals surface area contributed by atoms with E-state index in [4.69, 9.17) is 9.47 Å². The Bertz CT molecular complexity index is 406. The van der Waals surface area contributed by atoms with Crippen molar-refractivity contribution in [2.45, 2.75) is 143 Å². The van der Waals surface area contributed by atoms with E-state index in [1.54, 1.807) is 0 Å². The molecule has 1 aliphatic heterocycles. The number of hydrogen-bond acceptors (Lipinski definition) is 3. The van der Waals surface area contributed by atoms with Gasteiger partial charge in [-0.15, -0.1) is 0 Å². The summed E-state index contributed by atoms with van der Waals surface area (Å²) in [5.41, 5.74) is -0.151. The normalized spacial score (nSPS) is 18.1. The first kappa shape index (κ1) is 26.6. The third-order valence-electron chi connectivity index (χ3n) is 6.22. The van der Waals surface area contributed by atoms with Crippen molar-refractivity contribution in [2.24, 2.45) is 5.41 Å². The van der Waals surface area contributed by atoms with Crippen molar-refractivity contribution in [3.05, 3.63) is 0 Å². The van der Waals surface area contributed by atoms with E-state index in [-0.39, 0.29) is 5.41 Å². The lowest BCUT2D eigenvalue weighted by molar-refractivity contribution is -0.282. The minimum atomic E-state index is -0.503. The van der Waals surface area contributed by atoms with Gasteiger partial charge in [0, 0.05) is 18.3 Å². The fourth-order valence-corrected chi connectivity index (χ4v) is 4.14. The van der Waals surface area contributed by atoms with Crippen LogP contribution in [0, 0.1) is 5.41 Å². The van der Waals surface area contributed by atoms with Gasteiger partial charge >= 0.3 is 0 Å². The number of Topliss-reactive ketones (excluding diaryl/α,β-unsaturated/α-hetero) is 1. The summed E-state index contributed by atoms with van der Waals surface area (Å²) in [7, 11) is 0. The molecule has 3 nitrogen and oxygen atoms in total. The lowest BCUT2D eigenvalue weighted by Gasteiger charge is -2.41. The van der Waals surface area contributed by atoms with Crippen LogP contribution in [0.5, 0.6) is 0 Å². The molecule has 1 aliphatic rings. The number of ketones is 1. The molecule has 0 radical (unpaired) electrons. The van der Waals surface area contributed by atoms with Gasteiger partial charge < -0.3 is 9.47 Å². The predicted octanol–water partition coefficient (Wildman–Crippen LogP) is 8.00. The highest BCUT2D eigenvalue weighted by molar-refractivity contribution is 5.79. The van der Waals surface area contributed by atoms with Gasteiger partial charge in [0.05, 0.1) is 13.2 Å². The van der Waals surface area contributed by atoms with Crippen LogP contribution >= 0.6 is 0 Å². The molecule has 0 saturated carbocycles. The molecule has 0 amide bonds. The van der Waals surface area contributed by atoms with Gasteiger partial charge in [-0.25, -0.2) is 0 Å². The molecule has 0 aromatic heterocycles. The molecular weight excluding hydrogens is 360 g/mol. The maximum atomic E-state index is 12.3. The van der Waals surface area contributed by atoms with E-state index in [1.807, 2.05) is 13.8 Å². The molecule has 29 heavy (non-hydrogen) atoms. The first-order valence-electron chi connectivity index (χ1n) is 12.7. The van der Waals surface area contributed by atoms with Crippen LogP contribution in [0.3, 0.4) is 0 Å². The third-order valence-corrected chi connectivity index (χ3v) is 6.22. The molecule has 1 fully saturated rings. The van der Waals surface area contributed by atoms with Crippen LogP contribution in [0.2, 0.25) is 0 Å². The molecule has 3 heteroatoms. The molecule has 0 aromatic rings. The largest absolute Gasteiger partial charge is 0.350 e. The molecule has 0 aromatic carbocycles. The minimum Gasteiger partial charge on any atom is -0.350 e. The van der Waals surface area contributed by atoms with E-state index in [1.165, 1.54) is 89.9 Å². The number of rotatable bonds is 18. The summed E-state index contributed by atoms with van der Waals surface area (Å²) in [6, 6.07) is 0. The molecular formula is C26H50O3. The van der Waals surface area contributed by atoms with Crippen LogP contribution in [0.1, 0.15) is 137 Å². The second kappa shape index (κ2) is 15.4. The molecule has 0 spiro atoms.